The van der Waals surface area contributed by atoms with Crippen molar-refractivity contribution in [3.63, 3.8) is 0 Å². The molecule has 0 amide bonds. The highest BCUT2D eigenvalue weighted by Crippen LogP contribution is 2.34. The molecule has 2 fully saturated rings. The van der Waals surface area contributed by atoms with Gasteiger partial charge in [-0.15, -0.1) is 0 Å². The Bertz CT molecular complexity index is 454. The summed E-state index contributed by atoms with van der Waals surface area (Å²) in [4.78, 5) is 0. The first-order valence-electron chi connectivity index (χ1n) is 8.00. The topological polar surface area (TPSA) is 24.1 Å². The Morgan fingerprint density at radius 1 is 1.15 bits per heavy atom. The second-order valence-corrected chi connectivity index (χ2v) is 6.79. The highest BCUT2D eigenvalue weighted by Gasteiger charge is 2.33. The number of halogens is 1. The van der Waals surface area contributed by atoms with Crippen LogP contribution in [0, 0.1) is 12.8 Å². The molecule has 110 valence electrons. The monoisotopic (exact) mass is 292 g/mol. The summed E-state index contributed by atoms with van der Waals surface area (Å²) >= 11 is 6.34. The summed E-state index contributed by atoms with van der Waals surface area (Å²) < 4.78 is 0. The number of nitrogens with one attached hydrogen (secondary N) is 2. The van der Waals surface area contributed by atoms with Crippen molar-refractivity contribution in [2.45, 2.75) is 57.5 Å². The van der Waals surface area contributed by atoms with Crippen LogP contribution in [-0.2, 0) is 0 Å². The van der Waals surface area contributed by atoms with Gasteiger partial charge in [0.1, 0.15) is 0 Å². The molecule has 1 aliphatic carbocycles. The maximum Gasteiger partial charge on any atom is 0.0637 e. The number of hydrogen-bond donors (Lipinski definition) is 2. The van der Waals surface area contributed by atoms with E-state index in [1.54, 1.807) is 0 Å². The molecular weight excluding hydrogens is 268 g/mol. The van der Waals surface area contributed by atoms with Crippen molar-refractivity contribution in [3.05, 3.63) is 28.8 Å². The molecule has 2 aliphatic rings. The second kappa shape index (κ2) is 6.36. The van der Waals surface area contributed by atoms with Crippen LogP contribution in [-0.4, -0.2) is 18.6 Å². The van der Waals surface area contributed by atoms with E-state index >= 15 is 0 Å². The van der Waals surface area contributed by atoms with Crippen LogP contribution in [0.1, 0.15) is 44.1 Å². The van der Waals surface area contributed by atoms with Gasteiger partial charge in [0.2, 0.25) is 0 Å². The van der Waals surface area contributed by atoms with Crippen molar-refractivity contribution in [1.82, 2.24) is 5.32 Å². The van der Waals surface area contributed by atoms with Gasteiger partial charge >= 0.3 is 0 Å². The zero-order valence-corrected chi connectivity index (χ0v) is 13.0. The van der Waals surface area contributed by atoms with Gasteiger partial charge in [-0.1, -0.05) is 30.5 Å². The van der Waals surface area contributed by atoms with Gasteiger partial charge in [-0.3, -0.25) is 0 Å². The van der Waals surface area contributed by atoms with E-state index in [-0.39, 0.29) is 0 Å². The van der Waals surface area contributed by atoms with E-state index in [0.29, 0.717) is 12.1 Å². The molecule has 1 saturated heterocycles. The fourth-order valence-electron chi connectivity index (χ4n) is 3.85. The molecule has 2 nitrogen and oxygen atoms in total. The van der Waals surface area contributed by atoms with Gasteiger partial charge in [0, 0.05) is 12.1 Å². The minimum atomic E-state index is 0.568. The van der Waals surface area contributed by atoms with Crippen molar-refractivity contribution >= 4 is 17.3 Å². The third-order valence-electron chi connectivity index (χ3n) is 4.90. The number of aryl methyl sites for hydroxylation is 1. The molecule has 0 bridgehead atoms. The predicted octanol–water partition coefficient (Wildman–Crippen LogP) is 4.37. The first-order valence-corrected chi connectivity index (χ1v) is 8.38. The molecule has 0 radical (unpaired) electrons. The fourth-order valence-corrected chi connectivity index (χ4v) is 4.02. The maximum absolute atomic E-state index is 6.34. The summed E-state index contributed by atoms with van der Waals surface area (Å²) in [5.41, 5.74) is 2.38. The number of hydrogen-bond acceptors (Lipinski definition) is 2. The molecule has 2 N–H and O–H groups in total. The molecular formula is C17H25ClN2. The van der Waals surface area contributed by atoms with Crippen LogP contribution in [0.5, 0.6) is 0 Å². The van der Waals surface area contributed by atoms with Crippen LogP contribution in [0.4, 0.5) is 5.69 Å². The minimum absolute atomic E-state index is 0.568. The van der Waals surface area contributed by atoms with Gasteiger partial charge in [0.15, 0.2) is 0 Å². The lowest BCUT2D eigenvalue weighted by atomic mass is 9.79. The van der Waals surface area contributed by atoms with Gasteiger partial charge in [-0.05, 0) is 62.8 Å². The normalized spacial score (nSPS) is 30.4. The highest BCUT2D eigenvalue weighted by molar-refractivity contribution is 6.33. The molecule has 20 heavy (non-hydrogen) atoms. The van der Waals surface area contributed by atoms with E-state index in [9.17, 15) is 0 Å². The average Bonchev–Trinajstić information content (AvgIpc) is 2.97. The first kappa shape index (κ1) is 14.2. The lowest BCUT2D eigenvalue weighted by molar-refractivity contribution is 0.263. The van der Waals surface area contributed by atoms with E-state index in [1.807, 2.05) is 6.07 Å². The molecule has 3 atom stereocenters. The van der Waals surface area contributed by atoms with E-state index in [0.717, 1.165) is 16.6 Å². The standard InChI is InChI=1S/C17H25ClN2/c1-12-8-9-14(18)17(11-12)20-16-6-3-2-5-13(16)15-7-4-10-19-15/h8-9,11,13,15-16,19-20H,2-7,10H2,1H3. The second-order valence-electron chi connectivity index (χ2n) is 6.39. The number of rotatable bonds is 3. The Morgan fingerprint density at radius 2 is 2.00 bits per heavy atom. The quantitative estimate of drug-likeness (QED) is 0.864. The summed E-state index contributed by atoms with van der Waals surface area (Å²) in [6.07, 6.45) is 8.00. The van der Waals surface area contributed by atoms with Gasteiger partial charge in [0.25, 0.3) is 0 Å². The molecule has 1 saturated carbocycles. The predicted molar refractivity (Wildman–Crippen MR) is 86.6 cm³/mol. The van der Waals surface area contributed by atoms with E-state index in [1.165, 1.54) is 50.6 Å². The first-order chi connectivity index (χ1) is 9.74. The zero-order valence-electron chi connectivity index (χ0n) is 12.3. The lowest BCUT2D eigenvalue weighted by Gasteiger charge is -2.37. The van der Waals surface area contributed by atoms with E-state index in [2.05, 4.69) is 29.7 Å². The smallest absolute Gasteiger partial charge is 0.0637 e. The third kappa shape index (κ3) is 3.12. The van der Waals surface area contributed by atoms with Crippen LogP contribution in [0.15, 0.2) is 18.2 Å². The van der Waals surface area contributed by atoms with Crippen LogP contribution in [0.3, 0.4) is 0 Å². The Labute approximate surface area is 127 Å². The molecule has 0 spiro atoms. The third-order valence-corrected chi connectivity index (χ3v) is 5.23. The maximum atomic E-state index is 6.34. The fraction of sp³-hybridized carbons (Fsp3) is 0.647. The highest BCUT2D eigenvalue weighted by atomic mass is 35.5. The van der Waals surface area contributed by atoms with Crippen LogP contribution in [0.2, 0.25) is 5.02 Å². The summed E-state index contributed by atoms with van der Waals surface area (Å²) in [7, 11) is 0. The van der Waals surface area contributed by atoms with Crippen molar-refractivity contribution in [3.8, 4) is 0 Å². The van der Waals surface area contributed by atoms with Crippen molar-refractivity contribution < 1.29 is 0 Å². The van der Waals surface area contributed by atoms with Crippen LogP contribution in [0.25, 0.3) is 0 Å². The Kier molecular flexibility index (Phi) is 4.52. The van der Waals surface area contributed by atoms with Crippen molar-refractivity contribution in [2.75, 3.05) is 11.9 Å². The van der Waals surface area contributed by atoms with E-state index in [4.69, 9.17) is 11.6 Å². The zero-order chi connectivity index (χ0) is 13.9. The summed E-state index contributed by atoms with van der Waals surface area (Å²) in [5.74, 6) is 0.753. The van der Waals surface area contributed by atoms with Crippen molar-refractivity contribution in [1.29, 1.82) is 0 Å². The largest absolute Gasteiger partial charge is 0.381 e. The number of benzene rings is 1. The Balaban J connectivity index is 1.74. The SMILES string of the molecule is Cc1ccc(Cl)c(NC2CCCCC2C2CCCN2)c1. The molecule has 1 heterocycles. The van der Waals surface area contributed by atoms with Gasteiger partial charge < -0.3 is 10.6 Å². The summed E-state index contributed by atoms with van der Waals surface area (Å²) in [6.45, 7) is 3.32. The minimum Gasteiger partial charge on any atom is -0.381 e. The molecule has 1 aromatic rings. The molecule has 0 aromatic heterocycles. The molecule has 1 aromatic carbocycles. The molecule has 3 heteroatoms. The van der Waals surface area contributed by atoms with Gasteiger partial charge in [-0.2, -0.15) is 0 Å². The summed E-state index contributed by atoms with van der Waals surface area (Å²) in [5, 5.41) is 8.29. The van der Waals surface area contributed by atoms with Crippen LogP contribution < -0.4 is 10.6 Å². The Morgan fingerprint density at radius 3 is 2.80 bits per heavy atom. The Hall–Kier alpha value is -0.730. The molecule has 3 rings (SSSR count). The lowest BCUT2D eigenvalue weighted by Crippen LogP contribution is -2.43. The van der Waals surface area contributed by atoms with Crippen molar-refractivity contribution in [2.24, 2.45) is 5.92 Å². The number of anilines is 1. The van der Waals surface area contributed by atoms with E-state index < -0.39 is 0 Å². The van der Waals surface area contributed by atoms with Gasteiger partial charge in [0.05, 0.1) is 10.7 Å². The average molecular weight is 293 g/mol. The molecule has 1 aliphatic heterocycles. The molecule has 3 unspecified atom stereocenters. The van der Waals surface area contributed by atoms with Crippen LogP contribution >= 0.6 is 11.6 Å². The summed E-state index contributed by atoms with van der Waals surface area (Å²) in [6, 6.07) is 7.53. The van der Waals surface area contributed by atoms with Gasteiger partial charge in [-0.25, -0.2) is 0 Å².